The van der Waals surface area contributed by atoms with Crippen LogP contribution in [-0.4, -0.2) is 23.6 Å². The van der Waals surface area contributed by atoms with Crippen molar-refractivity contribution in [1.82, 2.24) is 9.38 Å². The lowest BCUT2D eigenvalue weighted by atomic mass is 10.1. The summed E-state index contributed by atoms with van der Waals surface area (Å²) in [6.45, 7) is 0. The highest BCUT2D eigenvalue weighted by Crippen LogP contribution is 2.35. The monoisotopic (exact) mass is 358 g/mol. The van der Waals surface area contributed by atoms with Crippen LogP contribution in [0.2, 0.25) is 0 Å². The summed E-state index contributed by atoms with van der Waals surface area (Å²) in [5.41, 5.74) is 3.19. The zero-order chi connectivity index (χ0) is 18.6. The standard InChI is InChI=1S/C21H18N4O2/c1-26-16-11-12-17(18(14-16)27-2)23-24-21-20(15-8-4-3-5-9-15)22-19-10-6-7-13-25(19)21/h3-14H,1-2H3. The van der Waals surface area contributed by atoms with Crippen molar-refractivity contribution in [3.05, 3.63) is 72.9 Å². The molecule has 4 rings (SSSR count). The van der Waals surface area contributed by atoms with Crippen LogP contribution in [0.25, 0.3) is 16.9 Å². The molecule has 134 valence electrons. The van der Waals surface area contributed by atoms with Crippen molar-refractivity contribution in [2.24, 2.45) is 10.2 Å². The Bertz CT molecular complexity index is 1100. The number of aromatic nitrogens is 2. The molecule has 0 bridgehead atoms. The number of azo groups is 1. The number of methoxy groups -OCH3 is 2. The summed E-state index contributed by atoms with van der Waals surface area (Å²) < 4.78 is 12.6. The minimum absolute atomic E-state index is 0.591. The first-order chi connectivity index (χ1) is 13.3. The van der Waals surface area contributed by atoms with E-state index in [9.17, 15) is 0 Å². The van der Waals surface area contributed by atoms with Crippen LogP contribution >= 0.6 is 0 Å². The predicted octanol–water partition coefficient (Wildman–Crippen LogP) is 5.43. The molecule has 6 nitrogen and oxygen atoms in total. The second-order valence-electron chi connectivity index (χ2n) is 5.82. The maximum atomic E-state index is 5.40. The van der Waals surface area contributed by atoms with E-state index in [0.717, 1.165) is 16.9 Å². The Morgan fingerprint density at radius 3 is 2.44 bits per heavy atom. The maximum absolute atomic E-state index is 5.40. The first kappa shape index (κ1) is 16.8. The number of fused-ring (bicyclic) bond motifs is 1. The molecule has 4 aromatic rings. The van der Waals surface area contributed by atoms with Gasteiger partial charge in [0.05, 0.1) is 14.2 Å². The van der Waals surface area contributed by atoms with Gasteiger partial charge in [-0.3, -0.25) is 4.40 Å². The van der Waals surface area contributed by atoms with E-state index in [-0.39, 0.29) is 0 Å². The maximum Gasteiger partial charge on any atom is 0.187 e. The molecular weight excluding hydrogens is 340 g/mol. The summed E-state index contributed by atoms with van der Waals surface area (Å²) >= 11 is 0. The van der Waals surface area contributed by atoms with E-state index in [1.165, 1.54) is 0 Å². The Morgan fingerprint density at radius 2 is 1.67 bits per heavy atom. The topological polar surface area (TPSA) is 60.5 Å². The lowest BCUT2D eigenvalue weighted by Crippen LogP contribution is -1.87. The van der Waals surface area contributed by atoms with Crippen molar-refractivity contribution in [1.29, 1.82) is 0 Å². The molecule has 0 radical (unpaired) electrons. The van der Waals surface area contributed by atoms with E-state index < -0.39 is 0 Å². The lowest BCUT2D eigenvalue weighted by molar-refractivity contribution is 0.395. The van der Waals surface area contributed by atoms with Gasteiger partial charge in [-0.05, 0) is 24.3 Å². The summed E-state index contributed by atoms with van der Waals surface area (Å²) in [6, 6.07) is 21.2. The quantitative estimate of drug-likeness (QED) is 0.447. The predicted molar refractivity (Wildman–Crippen MR) is 104 cm³/mol. The zero-order valence-electron chi connectivity index (χ0n) is 15.0. The lowest BCUT2D eigenvalue weighted by Gasteiger charge is -2.06. The second-order valence-corrected chi connectivity index (χ2v) is 5.82. The normalized spacial score (nSPS) is 11.2. The summed E-state index contributed by atoms with van der Waals surface area (Å²) in [6.07, 6.45) is 1.92. The van der Waals surface area contributed by atoms with Crippen LogP contribution in [0.3, 0.4) is 0 Å². The van der Waals surface area contributed by atoms with Gasteiger partial charge in [-0.15, -0.1) is 10.2 Å². The fourth-order valence-corrected chi connectivity index (χ4v) is 2.84. The van der Waals surface area contributed by atoms with Crippen molar-refractivity contribution in [2.75, 3.05) is 14.2 Å². The minimum Gasteiger partial charge on any atom is -0.497 e. The van der Waals surface area contributed by atoms with Crippen LogP contribution in [-0.2, 0) is 0 Å². The Hall–Kier alpha value is -3.67. The molecule has 27 heavy (non-hydrogen) atoms. The minimum atomic E-state index is 0.591. The highest BCUT2D eigenvalue weighted by atomic mass is 16.5. The molecule has 0 aliphatic heterocycles. The fraction of sp³-hybridized carbons (Fsp3) is 0.0952. The van der Waals surface area contributed by atoms with Gasteiger partial charge in [0.25, 0.3) is 0 Å². The van der Waals surface area contributed by atoms with Crippen molar-refractivity contribution in [2.45, 2.75) is 0 Å². The van der Waals surface area contributed by atoms with E-state index in [2.05, 4.69) is 10.2 Å². The largest absolute Gasteiger partial charge is 0.497 e. The van der Waals surface area contributed by atoms with E-state index in [4.69, 9.17) is 14.5 Å². The van der Waals surface area contributed by atoms with Crippen LogP contribution < -0.4 is 9.47 Å². The van der Waals surface area contributed by atoms with Gasteiger partial charge in [-0.2, -0.15) is 0 Å². The van der Waals surface area contributed by atoms with Gasteiger partial charge in [0.15, 0.2) is 5.82 Å². The average Bonchev–Trinajstić information content (AvgIpc) is 3.11. The van der Waals surface area contributed by atoms with Gasteiger partial charge < -0.3 is 9.47 Å². The fourth-order valence-electron chi connectivity index (χ4n) is 2.84. The van der Waals surface area contributed by atoms with Crippen LogP contribution in [0.15, 0.2) is 83.2 Å². The van der Waals surface area contributed by atoms with Gasteiger partial charge in [0.1, 0.15) is 28.5 Å². The van der Waals surface area contributed by atoms with Crippen LogP contribution in [0.4, 0.5) is 11.5 Å². The van der Waals surface area contributed by atoms with Gasteiger partial charge in [0.2, 0.25) is 0 Å². The van der Waals surface area contributed by atoms with E-state index in [1.807, 2.05) is 71.3 Å². The summed E-state index contributed by atoms with van der Waals surface area (Å²) in [5, 5.41) is 8.92. The highest BCUT2D eigenvalue weighted by molar-refractivity contribution is 5.74. The summed E-state index contributed by atoms with van der Waals surface area (Å²) in [7, 11) is 3.21. The van der Waals surface area contributed by atoms with Crippen molar-refractivity contribution >= 4 is 17.2 Å². The Morgan fingerprint density at radius 1 is 0.852 bits per heavy atom. The number of imidazole rings is 1. The van der Waals surface area contributed by atoms with Crippen LogP contribution in [0.1, 0.15) is 0 Å². The molecule has 0 fully saturated rings. The molecule has 0 atom stereocenters. The molecule has 0 saturated carbocycles. The summed E-state index contributed by atoms with van der Waals surface area (Å²) in [4.78, 5) is 4.72. The molecule has 0 saturated heterocycles. The number of nitrogens with zero attached hydrogens (tertiary/aromatic N) is 4. The molecule has 0 spiro atoms. The van der Waals surface area contributed by atoms with Gasteiger partial charge in [-0.25, -0.2) is 4.98 Å². The smallest absolute Gasteiger partial charge is 0.187 e. The first-order valence-corrected chi connectivity index (χ1v) is 8.46. The first-order valence-electron chi connectivity index (χ1n) is 8.46. The molecule has 0 aliphatic rings. The van der Waals surface area contributed by atoms with Gasteiger partial charge >= 0.3 is 0 Å². The molecule has 2 aromatic carbocycles. The SMILES string of the molecule is COc1ccc(N=Nc2c(-c3ccccc3)nc3ccccn23)c(OC)c1. The zero-order valence-corrected chi connectivity index (χ0v) is 15.0. The Balaban J connectivity index is 1.83. The molecular formula is C21H18N4O2. The van der Waals surface area contributed by atoms with Crippen molar-refractivity contribution < 1.29 is 9.47 Å². The van der Waals surface area contributed by atoms with Crippen LogP contribution in [0, 0.1) is 0 Å². The number of rotatable bonds is 5. The summed E-state index contributed by atoms with van der Waals surface area (Å²) in [5.74, 6) is 1.95. The van der Waals surface area contributed by atoms with E-state index in [1.54, 1.807) is 20.3 Å². The number of hydrogen-bond acceptors (Lipinski definition) is 5. The third-order valence-corrected chi connectivity index (χ3v) is 4.19. The van der Waals surface area contributed by atoms with Crippen molar-refractivity contribution in [3.8, 4) is 22.8 Å². The molecule has 2 aromatic heterocycles. The third-order valence-electron chi connectivity index (χ3n) is 4.19. The van der Waals surface area contributed by atoms with Gasteiger partial charge in [0, 0.05) is 17.8 Å². The van der Waals surface area contributed by atoms with E-state index >= 15 is 0 Å². The Kier molecular flexibility index (Phi) is 4.53. The van der Waals surface area contributed by atoms with Gasteiger partial charge in [-0.1, -0.05) is 36.4 Å². The van der Waals surface area contributed by atoms with Crippen molar-refractivity contribution in [3.63, 3.8) is 0 Å². The third kappa shape index (κ3) is 3.25. The van der Waals surface area contributed by atoms with Crippen LogP contribution in [0.5, 0.6) is 11.5 Å². The number of benzene rings is 2. The number of ether oxygens (including phenoxy) is 2. The molecule has 6 heteroatoms. The van der Waals surface area contributed by atoms with E-state index in [0.29, 0.717) is 23.0 Å². The number of hydrogen-bond donors (Lipinski definition) is 0. The second kappa shape index (κ2) is 7.29. The molecule has 0 amide bonds. The number of pyridine rings is 1. The molecule has 2 heterocycles. The highest BCUT2D eigenvalue weighted by Gasteiger charge is 2.14. The Labute approximate surface area is 156 Å². The molecule has 0 unspecified atom stereocenters. The average molecular weight is 358 g/mol. The molecule has 0 aliphatic carbocycles. The molecule has 0 N–H and O–H groups in total.